The van der Waals surface area contributed by atoms with Gasteiger partial charge in [0, 0.05) is 19.3 Å². The van der Waals surface area contributed by atoms with Gasteiger partial charge in [-0.2, -0.15) is 0 Å². The van der Waals surface area contributed by atoms with Gasteiger partial charge in [-0.3, -0.25) is 0 Å². The van der Waals surface area contributed by atoms with Gasteiger partial charge in [-0.1, -0.05) is 57.8 Å². The minimum atomic E-state index is -3.02. The smallest absolute Gasteiger partial charge is 0.390 e. The third kappa shape index (κ3) is 12.4. The second-order valence-electron chi connectivity index (χ2n) is 7.77. The standard InChI is InChI=1S/C20H44N2O3Si/c1-24-26(23,19-13-18-22-17-12-8-7-11-16-21)25-20-14-9-5-3-2-4-6-10-15-20/h20,22-23H,2-19,21H2,1H3. The van der Waals surface area contributed by atoms with Crippen molar-refractivity contribution < 1.29 is 13.6 Å². The molecular formula is C20H44N2O3Si. The average molecular weight is 389 g/mol. The van der Waals surface area contributed by atoms with E-state index in [4.69, 9.17) is 14.6 Å². The Labute approximate surface area is 162 Å². The molecule has 156 valence electrons. The fraction of sp³-hybridized carbons (Fsp3) is 1.00. The van der Waals surface area contributed by atoms with Gasteiger partial charge >= 0.3 is 8.80 Å². The third-order valence-electron chi connectivity index (χ3n) is 5.38. The summed E-state index contributed by atoms with van der Waals surface area (Å²) in [5.74, 6) is 0. The van der Waals surface area contributed by atoms with Crippen molar-refractivity contribution in [3.8, 4) is 0 Å². The van der Waals surface area contributed by atoms with Crippen LogP contribution >= 0.6 is 0 Å². The van der Waals surface area contributed by atoms with E-state index in [1.807, 2.05) is 0 Å². The molecule has 1 saturated carbocycles. The van der Waals surface area contributed by atoms with Gasteiger partial charge in [0.1, 0.15) is 0 Å². The normalized spacial score (nSPS) is 20.0. The third-order valence-corrected chi connectivity index (χ3v) is 7.70. The maximum Gasteiger partial charge on any atom is 0.498 e. The number of hydrogen-bond donors (Lipinski definition) is 3. The van der Waals surface area contributed by atoms with E-state index in [9.17, 15) is 4.80 Å². The first-order valence-electron chi connectivity index (χ1n) is 11.1. The van der Waals surface area contributed by atoms with Crippen LogP contribution in [0, 0.1) is 0 Å². The molecule has 0 aromatic carbocycles. The molecule has 0 aromatic rings. The van der Waals surface area contributed by atoms with Crippen molar-refractivity contribution in [1.29, 1.82) is 0 Å². The van der Waals surface area contributed by atoms with Crippen LogP contribution < -0.4 is 11.1 Å². The number of rotatable bonds is 13. The van der Waals surface area contributed by atoms with E-state index in [1.165, 1.54) is 64.2 Å². The van der Waals surface area contributed by atoms with Crippen LogP contribution in [0.2, 0.25) is 6.04 Å². The largest absolute Gasteiger partial charge is 0.498 e. The molecule has 1 aliphatic rings. The number of nitrogens with one attached hydrogen (secondary N) is 1. The van der Waals surface area contributed by atoms with Crippen molar-refractivity contribution in [2.45, 2.75) is 102 Å². The summed E-state index contributed by atoms with van der Waals surface area (Å²) < 4.78 is 11.6. The Hall–Kier alpha value is 0.0169. The minimum absolute atomic E-state index is 0.181. The van der Waals surface area contributed by atoms with Crippen molar-refractivity contribution in [3.63, 3.8) is 0 Å². The molecule has 1 atom stereocenters. The number of nitrogens with two attached hydrogens (primary N) is 1. The number of unbranched alkanes of at least 4 members (excludes halogenated alkanes) is 3. The van der Waals surface area contributed by atoms with Crippen LogP contribution in [0.1, 0.15) is 89.9 Å². The Bertz CT molecular complexity index is 313. The van der Waals surface area contributed by atoms with E-state index in [0.29, 0.717) is 6.04 Å². The Kier molecular flexibility index (Phi) is 14.8. The van der Waals surface area contributed by atoms with Gasteiger partial charge in [-0.15, -0.1) is 0 Å². The van der Waals surface area contributed by atoms with E-state index >= 15 is 0 Å². The second kappa shape index (κ2) is 16.0. The quantitative estimate of drug-likeness (QED) is 0.329. The van der Waals surface area contributed by atoms with Crippen LogP contribution in [-0.2, 0) is 8.85 Å². The monoisotopic (exact) mass is 388 g/mol. The summed E-state index contributed by atoms with van der Waals surface area (Å²) in [4.78, 5) is 10.8. The highest BCUT2D eigenvalue weighted by Crippen LogP contribution is 2.23. The van der Waals surface area contributed by atoms with E-state index < -0.39 is 8.80 Å². The summed E-state index contributed by atoms with van der Waals surface area (Å²) in [6.07, 6.45) is 17.1. The first kappa shape index (κ1) is 24.1. The predicted molar refractivity (Wildman–Crippen MR) is 111 cm³/mol. The lowest BCUT2D eigenvalue weighted by atomic mass is 9.99. The van der Waals surface area contributed by atoms with Crippen LogP contribution in [0.3, 0.4) is 0 Å². The van der Waals surface area contributed by atoms with E-state index in [1.54, 1.807) is 7.11 Å². The molecule has 0 amide bonds. The Morgan fingerprint density at radius 2 is 1.46 bits per heavy atom. The molecule has 0 heterocycles. The van der Waals surface area contributed by atoms with Crippen LogP contribution in [0.5, 0.6) is 0 Å². The van der Waals surface area contributed by atoms with Crippen LogP contribution in [0.4, 0.5) is 0 Å². The summed E-state index contributed by atoms with van der Waals surface area (Å²) in [7, 11) is -1.41. The summed E-state index contributed by atoms with van der Waals surface area (Å²) >= 11 is 0. The zero-order chi connectivity index (χ0) is 18.9. The van der Waals surface area contributed by atoms with Gasteiger partial charge in [-0.25, -0.2) is 0 Å². The Morgan fingerprint density at radius 3 is 2.08 bits per heavy atom. The lowest BCUT2D eigenvalue weighted by Crippen LogP contribution is -2.45. The van der Waals surface area contributed by atoms with Crippen molar-refractivity contribution in [1.82, 2.24) is 5.32 Å². The summed E-state index contributed by atoms with van der Waals surface area (Å²) in [6.45, 7) is 2.76. The van der Waals surface area contributed by atoms with Gasteiger partial charge in [0.05, 0.1) is 0 Å². The molecule has 0 aromatic heterocycles. The fourth-order valence-corrected chi connectivity index (χ4v) is 5.47. The molecule has 4 N–H and O–H groups in total. The highest BCUT2D eigenvalue weighted by molar-refractivity contribution is 6.59. The molecule has 0 aliphatic heterocycles. The molecule has 1 fully saturated rings. The Morgan fingerprint density at radius 1 is 0.885 bits per heavy atom. The Balaban J connectivity index is 2.19. The van der Waals surface area contributed by atoms with Crippen LogP contribution in [0.25, 0.3) is 0 Å². The maximum absolute atomic E-state index is 10.8. The molecule has 1 rings (SSSR count). The first-order valence-corrected chi connectivity index (χ1v) is 13.0. The highest BCUT2D eigenvalue weighted by atomic mass is 28.4. The molecule has 0 spiro atoms. The topological polar surface area (TPSA) is 76.7 Å². The molecule has 6 heteroatoms. The zero-order valence-corrected chi connectivity index (χ0v) is 18.1. The molecule has 0 bridgehead atoms. The van der Waals surface area contributed by atoms with Crippen LogP contribution in [-0.4, -0.2) is 46.4 Å². The van der Waals surface area contributed by atoms with Gasteiger partial charge < -0.3 is 24.7 Å². The van der Waals surface area contributed by atoms with Gasteiger partial charge in [0.2, 0.25) is 0 Å². The van der Waals surface area contributed by atoms with Gasteiger partial charge in [0.25, 0.3) is 0 Å². The van der Waals surface area contributed by atoms with Crippen molar-refractivity contribution in [3.05, 3.63) is 0 Å². The lowest BCUT2D eigenvalue weighted by molar-refractivity contribution is 0.0581. The predicted octanol–water partition coefficient (Wildman–Crippen LogP) is 3.97. The van der Waals surface area contributed by atoms with E-state index in [2.05, 4.69) is 5.32 Å². The summed E-state index contributed by atoms with van der Waals surface area (Å²) in [5.41, 5.74) is 5.50. The van der Waals surface area contributed by atoms with Crippen molar-refractivity contribution >= 4 is 8.80 Å². The molecule has 1 aliphatic carbocycles. The zero-order valence-electron chi connectivity index (χ0n) is 17.1. The highest BCUT2D eigenvalue weighted by Gasteiger charge is 2.37. The minimum Gasteiger partial charge on any atom is -0.390 e. The van der Waals surface area contributed by atoms with Crippen molar-refractivity contribution in [2.24, 2.45) is 5.73 Å². The molecule has 26 heavy (non-hydrogen) atoms. The van der Waals surface area contributed by atoms with Crippen LogP contribution in [0.15, 0.2) is 0 Å². The summed E-state index contributed by atoms with van der Waals surface area (Å²) in [6, 6.07) is 0.653. The molecule has 5 nitrogen and oxygen atoms in total. The van der Waals surface area contributed by atoms with E-state index in [0.717, 1.165) is 45.3 Å². The maximum atomic E-state index is 10.8. The number of hydrogen-bond acceptors (Lipinski definition) is 5. The summed E-state index contributed by atoms with van der Waals surface area (Å²) in [5, 5.41) is 3.46. The first-order chi connectivity index (χ1) is 12.7. The molecule has 1 unspecified atom stereocenters. The lowest BCUT2D eigenvalue weighted by Gasteiger charge is -2.29. The van der Waals surface area contributed by atoms with E-state index in [-0.39, 0.29) is 6.10 Å². The van der Waals surface area contributed by atoms with Gasteiger partial charge in [0.15, 0.2) is 0 Å². The molecule has 0 radical (unpaired) electrons. The van der Waals surface area contributed by atoms with Gasteiger partial charge in [-0.05, 0) is 51.7 Å². The SMILES string of the molecule is CO[Si](O)(CCCNCCCCCCN)OC1CCCCCCCCC1. The fourth-order valence-electron chi connectivity index (χ4n) is 3.67. The molecule has 0 saturated heterocycles. The molecular weight excluding hydrogens is 344 g/mol. The second-order valence-corrected chi connectivity index (χ2v) is 10.3. The average Bonchev–Trinajstić information content (AvgIpc) is 2.65. The van der Waals surface area contributed by atoms with Crippen molar-refractivity contribution in [2.75, 3.05) is 26.7 Å².